The highest BCUT2D eigenvalue weighted by Crippen LogP contribution is 2.10. The molecule has 0 saturated carbocycles. The lowest BCUT2D eigenvalue weighted by Gasteiger charge is -2.15. The molecule has 0 aromatic carbocycles. The summed E-state index contributed by atoms with van der Waals surface area (Å²) >= 11 is 0. The minimum absolute atomic E-state index is 0. The van der Waals surface area contributed by atoms with Gasteiger partial charge in [-0.15, -0.1) is 12.4 Å². The Balaban J connectivity index is 0.00000225. The molecule has 2 N–H and O–H groups in total. The monoisotopic (exact) mass is 249 g/mol. The molecule has 0 bridgehead atoms. The SMILES string of the molecule is CCCCN1CC(NC=O)C(NC=O)C1.Cl. The number of unbranched alkanes of at least 4 members (excludes halogenated alkanes) is 1. The number of carbonyl (C=O) groups is 2. The molecule has 6 heteroatoms. The third-order valence-corrected chi connectivity index (χ3v) is 2.79. The molecule has 16 heavy (non-hydrogen) atoms. The zero-order chi connectivity index (χ0) is 11.1. The predicted molar refractivity (Wildman–Crippen MR) is 64.6 cm³/mol. The molecule has 2 atom stereocenters. The fraction of sp³-hybridized carbons (Fsp3) is 0.800. The summed E-state index contributed by atoms with van der Waals surface area (Å²) in [7, 11) is 0. The van der Waals surface area contributed by atoms with E-state index in [1.54, 1.807) is 0 Å². The van der Waals surface area contributed by atoms with Crippen LogP contribution in [0.15, 0.2) is 0 Å². The van der Waals surface area contributed by atoms with Crippen LogP contribution in [0, 0.1) is 0 Å². The van der Waals surface area contributed by atoms with Gasteiger partial charge in [-0.2, -0.15) is 0 Å². The van der Waals surface area contributed by atoms with E-state index in [2.05, 4.69) is 22.5 Å². The van der Waals surface area contributed by atoms with Crippen molar-refractivity contribution in [3.05, 3.63) is 0 Å². The Hall–Kier alpha value is -0.810. The van der Waals surface area contributed by atoms with Gasteiger partial charge in [0.05, 0.1) is 12.1 Å². The fourth-order valence-electron chi connectivity index (χ4n) is 1.96. The van der Waals surface area contributed by atoms with Crippen molar-refractivity contribution in [2.45, 2.75) is 31.8 Å². The Kier molecular flexibility index (Phi) is 7.93. The highest BCUT2D eigenvalue weighted by atomic mass is 35.5. The largest absolute Gasteiger partial charge is 0.353 e. The Morgan fingerprint density at radius 2 is 1.69 bits per heavy atom. The molecule has 2 amide bonds. The second-order valence-corrected chi connectivity index (χ2v) is 3.90. The van der Waals surface area contributed by atoms with Crippen LogP contribution in [0.4, 0.5) is 0 Å². The molecule has 1 aliphatic rings. The second-order valence-electron chi connectivity index (χ2n) is 3.90. The first-order valence-corrected chi connectivity index (χ1v) is 5.43. The van der Waals surface area contributed by atoms with Gasteiger partial charge >= 0.3 is 0 Å². The molecule has 1 saturated heterocycles. The van der Waals surface area contributed by atoms with Gasteiger partial charge in [-0.05, 0) is 13.0 Å². The van der Waals surface area contributed by atoms with Crippen LogP contribution in [0.2, 0.25) is 0 Å². The van der Waals surface area contributed by atoms with Crippen LogP contribution in [-0.2, 0) is 9.59 Å². The van der Waals surface area contributed by atoms with E-state index < -0.39 is 0 Å². The highest BCUT2D eigenvalue weighted by Gasteiger charge is 2.31. The summed E-state index contributed by atoms with van der Waals surface area (Å²) in [5.74, 6) is 0. The maximum absolute atomic E-state index is 10.4. The molecule has 2 unspecified atom stereocenters. The van der Waals surface area contributed by atoms with Crippen molar-refractivity contribution in [2.75, 3.05) is 19.6 Å². The minimum atomic E-state index is 0. The van der Waals surface area contributed by atoms with Crippen LogP contribution in [0.1, 0.15) is 19.8 Å². The summed E-state index contributed by atoms with van der Waals surface area (Å²) in [5.41, 5.74) is 0. The average Bonchev–Trinajstić information content (AvgIpc) is 2.59. The van der Waals surface area contributed by atoms with Gasteiger partial charge in [0.1, 0.15) is 0 Å². The minimum Gasteiger partial charge on any atom is -0.353 e. The van der Waals surface area contributed by atoms with Gasteiger partial charge in [0.2, 0.25) is 12.8 Å². The van der Waals surface area contributed by atoms with Crippen LogP contribution in [-0.4, -0.2) is 49.4 Å². The quantitative estimate of drug-likeness (QED) is 0.612. The number of halogens is 1. The van der Waals surface area contributed by atoms with Crippen LogP contribution in [0.3, 0.4) is 0 Å². The predicted octanol–water partition coefficient (Wildman–Crippen LogP) is -0.247. The molecule has 0 aliphatic carbocycles. The molecule has 0 aromatic heterocycles. The summed E-state index contributed by atoms with van der Waals surface area (Å²) in [6.07, 6.45) is 3.72. The topological polar surface area (TPSA) is 61.4 Å². The number of carbonyl (C=O) groups excluding carboxylic acids is 2. The summed E-state index contributed by atoms with van der Waals surface area (Å²) in [5, 5.41) is 5.48. The van der Waals surface area contributed by atoms with Crippen molar-refractivity contribution in [2.24, 2.45) is 0 Å². The maximum atomic E-state index is 10.4. The highest BCUT2D eigenvalue weighted by molar-refractivity contribution is 5.85. The van der Waals surface area contributed by atoms with E-state index in [4.69, 9.17) is 0 Å². The van der Waals surface area contributed by atoms with Gasteiger partial charge < -0.3 is 10.6 Å². The molecule has 1 heterocycles. The zero-order valence-corrected chi connectivity index (χ0v) is 10.3. The summed E-state index contributed by atoms with van der Waals surface area (Å²) < 4.78 is 0. The smallest absolute Gasteiger partial charge is 0.207 e. The van der Waals surface area contributed by atoms with Crippen LogP contribution in [0.25, 0.3) is 0 Å². The first-order valence-electron chi connectivity index (χ1n) is 5.43. The number of amides is 2. The van der Waals surface area contributed by atoms with Crippen LogP contribution >= 0.6 is 12.4 Å². The van der Waals surface area contributed by atoms with Crippen LogP contribution in [0.5, 0.6) is 0 Å². The van der Waals surface area contributed by atoms with Gasteiger partial charge in [0.25, 0.3) is 0 Å². The number of hydrogen-bond donors (Lipinski definition) is 2. The van der Waals surface area contributed by atoms with Gasteiger partial charge in [-0.1, -0.05) is 13.3 Å². The molecule has 0 radical (unpaired) electrons. The number of nitrogens with zero attached hydrogens (tertiary/aromatic N) is 1. The van der Waals surface area contributed by atoms with Gasteiger partial charge in [-0.3, -0.25) is 14.5 Å². The van der Waals surface area contributed by atoms with E-state index in [0.717, 1.165) is 32.5 Å². The first kappa shape index (κ1) is 15.2. The average molecular weight is 250 g/mol. The summed E-state index contributed by atoms with van der Waals surface area (Å²) in [6, 6.07) is 0.0918. The summed E-state index contributed by atoms with van der Waals surface area (Å²) in [6.45, 7) is 4.83. The Bertz CT molecular complexity index is 198. The molecule has 5 nitrogen and oxygen atoms in total. The van der Waals surface area contributed by atoms with Crippen molar-refractivity contribution < 1.29 is 9.59 Å². The van der Waals surface area contributed by atoms with E-state index in [0.29, 0.717) is 12.8 Å². The van der Waals surface area contributed by atoms with Crippen molar-refractivity contribution in [3.63, 3.8) is 0 Å². The van der Waals surface area contributed by atoms with E-state index in [1.165, 1.54) is 0 Å². The number of hydrogen-bond acceptors (Lipinski definition) is 3. The molecule has 0 spiro atoms. The Morgan fingerprint density at radius 1 is 1.19 bits per heavy atom. The van der Waals surface area contributed by atoms with Crippen molar-refractivity contribution in [1.82, 2.24) is 15.5 Å². The van der Waals surface area contributed by atoms with Crippen molar-refractivity contribution in [1.29, 1.82) is 0 Å². The molecular formula is C10H20ClN3O2. The lowest BCUT2D eigenvalue weighted by molar-refractivity contribution is -0.112. The standard InChI is InChI=1S/C10H19N3O2.ClH/c1-2-3-4-13-5-9(11-7-14)10(6-13)12-8-15;/h7-10H,2-6H2,1H3,(H,11,14)(H,12,15);1H. The Labute approximate surface area is 102 Å². The number of nitrogens with one attached hydrogen (secondary N) is 2. The molecule has 1 aliphatic heterocycles. The molecule has 1 fully saturated rings. The number of likely N-dealkylation sites (tertiary alicyclic amines) is 1. The van der Waals surface area contributed by atoms with Crippen molar-refractivity contribution in [3.8, 4) is 0 Å². The van der Waals surface area contributed by atoms with E-state index >= 15 is 0 Å². The lowest BCUT2D eigenvalue weighted by atomic mass is 10.2. The third kappa shape index (κ3) is 4.37. The van der Waals surface area contributed by atoms with E-state index in [-0.39, 0.29) is 24.5 Å². The second kappa shape index (κ2) is 8.35. The molecule has 0 aromatic rings. The normalized spacial score (nSPS) is 24.6. The lowest BCUT2D eigenvalue weighted by Crippen LogP contribution is -2.46. The fourth-order valence-corrected chi connectivity index (χ4v) is 1.96. The molecular weight excluding hydrogens is 230 g/mol. The maximum Gasteiger partial charge on any atom is 0.207 e. The van der Waals surface area contributed by atoms with Gasteiger partial charge in [0, 0.05) is 13.1 Å². The molecule has 94 valence electrons. The Morgan fingerprint density at radius 3 is 2.06 bits per heavy atom. The first-order chi connectivity index (χ1) is 7.31. The van der Waals surface area contributed by atoms with Crippen molar-refractivity contribution >= 4 is 25.2 Å². The van der Waals surface area contributed by atoms with Crippen LogP contribution < -0.4 is 10.6 Å². The number of rotatable bonds is 7. The zero-order valence-electron chi connectivity index (χ0n) is 9.52. The van der Waals surface area contributed by atoms with E-state index in [9.17, 15) is 9.59 Å². The molecule has 1 rings (SSSR count). The van der Waals surface area contributed by atoms with E-state index in [1.807, 2.05) is 0 Å². The summed E-state index contributed by atoms with van der Waals surface area (Å²) in [4.78, 5) is 23.0. The third-order valence-electron chi connectivity index (χ3n) is 2.79. The van der Waals surface area contributed by atoms with Gasteiger partial charge in [0.15, 0.2) is 0 Å². The van der Waals surface area contributed by atoms with Gasteiger partial charge in [-0.25, -0.2) is 0 Å².